The van der Waals surface area contributed by atoms with Crippen LogP contribution in [0, 0.1) is 0 Å². The number of aromatic nitrogens is 2. The van der Waals surface area contributed by atoms with Crippen LogP contribution in [0.3, 0.4) is 0 Å². The van der Waals surface area contributed by atoms with Crippen molar-refractivity contribution in [2.24, 2.45) is 7.05 Å². The molecule has 1 aromatic rings. The summed E-state index contributed by atoms with van der Waals surface area (Å²) in [7, 11) is 1.65. The molecule has 0 unspecified atom stereocenters. The van der Waals surface area contributed by atoms with Gasteiger partial charge in [-0.05, 0) is 22.4 Å². The third-order valence-electron chi connectivity index (χ3n) is 2.26. The quantitative estimate of drug-likeness (QED) is 0.731. The second-order valence-electron chi connectivity index (χ2n) is 3.11. The number of hydrogen-bond donors (Lipinski definition) is 0. The first-order valence-electron chi connectivity index (χ1n) is 4.17. The maximum absolute atomic E-state index is 11.5. The van der Waals surface area contributed by atoms with E-state index in [1.54, 1.807) is 13.2 Å². The highest BCUT2D eigenvalue weighted by Crippen LogP contribution is 2.25. The van der Waals surface area contributed by atoms with Gasteiger partial charge in [0.05, 0.1) is 11.9 Å². The fourth-order valence-corrected chi connectivity index (χ4v) is 1.89. The third kappa shape index (κ3) is 1.37. The van der Waals surface area contributed by atoms with Gasteiger partial charge in [-0.1, -0.05) is 0 Å². The molecule has 1 saturated heterocycles. The van der Waals surface area contributed by atoms with E-state index in [0.29, 0.717) is 4.47 Å². The van der Waals surface area contributed by atoms with Crippen molar-refractivity contribution < 1.29 is 0 Å². The van der Waals surface area contributed by atoms with Gasteiger partial charge >= 0.3 is 0 Å². The lowest BCUT2D eigenvalue weighted by atomic mass is 10.2. The molecule has 0 spiro atoms. The highest BCUT2D eigenvalue weighted by atomic mass is 79.9. The minimum Gasteiger partial charge on any atom is -0.369 e. The van der Waals surface area contributed by atoms with Gasteiger partial charge in [0, 0.05) is 20.1 Å². The van der Waals surface area contributed by atoms with E-state index in [0.717, 1.165) is 18.8 Å². The molecule has 0 N–H and O–H groups in total. The molecule has 0 amide bonds. The molecule has 1 fully saturated rings. The predicted molar refractivity (Wildman–Crippen MR) is 54.0 cm³/mol. The molecule has 0 atom stereocenters. The van der Waals surface area contributed by atoms with Crippen LogP contribution in [0.15, 0.2) is 15.5 Å². The summed E-state index contributed by atoms with van der Waals surface area (Å²) >= 11 is 3.29. The molecule has 0 radical (unpaired) electrons. The number of halogens is 1. The van der Waals surface area contributed by atoms with Crippen molar-refractivity contribution in [3.8, 4) is 0 Å². The summed E-state index contributed by atoms with van der Waals surface area (Å²) in [6, 6.07) is 0. The largest absolute Gasteiger partial charge is 0.369 e. The molecule has 0 bridgehead atoms. The van der Waals surface area contributed by atoms with Crippen LogP contribution < -0.4 is 10.5 Å². The van der Waals surface area contributed by atoms with E-state index in [-0.39, 0.29) is 5.56 Å². The lowest BCUT2D eigenvalue weighted by molar-refractivity contribution is 0.606. The summed E-state index contributed by atoms with van der Waals surface area (Å²) in [4.78, 5) is 13.6. The maximum atomic E-state index is 11.5. The third-order valence-corrected chi connectivity index (χ3v) is 3.00. The fourth-order valence-electron chi connectivity index (χ4n) is 1.28. The average Bonchev–Trinajstić information content (AvgIpc) is 2.03. The summed E-state index contributed by atoms with van der Waals surface area (Å²) in [5.41, 5.74) is 0.832. The van der Waals surface area contributed by atoms with Gasteiger partial charge in [0.2, 0.25) is 0 Å². The Morgan fingerprint density at radius 1 is 1.54 bits per heavy atom. The molecule has 1 aromatic heterocycles. The molecule has 2 rings (SSSR count). The minimum absolute atomic E-state index is 0.0793. The van der Waals surface area contributed by atoms with Crippen molar-refractivity contribution in [1.82, 2.24) is 9.78 Å². The highest BCUT2D eigenvalue weighted by Gasteiger charge is 2.19. The Kier molecular flexibility index (Phi) is 2.11. The Morgan fingerprint density at radius 3 is 2.77 bits per heavy atom. The Hall–Kier alpha value is -0.840. The van der Waals surface area contributed by atoms with Crippen LogP contribution in [0.1, 0.15) is 6.42 Å². The summed E-state index contributed by atoms with van der Waals surface area (Å²) in [6.45, 7) is 2.04. The number of anilines is 1. The molecule has 1 aliphatic heterocycles. The van der Waals surface area contributed by atoms with Crippen LogP contribution in [0.4, 0.5) is 5.69 Å². The number of nitrogens with zero attached hydrogens (tertiary/aromatic N) is 3. The molecule has 5 heteroatoms. The first-order valence-corrected chi connectivity index (χ1v) is 4.96. The molecular weight excluding hydrogens is 234 g/mol. The molecular formula is C8H10BrN3O. The van der Waals surface area contributed by atoms with Crippen molar-refractivity contribution in [2.45, 2.75) is 6.42 Å². The first-order chi connectivity index (χ1) is 6.20. The van der Waals surface area contributed by atoms with Gasteiger partial charge in [-0.25, -0.2) is 4.68 Å². The molecule has 1 aliphatic rings. The molecule has 0 aliphatic carbocycles. The van der Waals surface area contributed by atoms with Crippen LogP contribution in [0.25, 0.3) is 0 Å². The van der Waals surface area contributed by atoms with Gasteiger partial charge in [0.15, 0.2) is 0 Å². The first kappa shape index (κ1) is 8.74. The summed E-state index contributed by atoms with van der Waals surface area (Å²) in [5.74, 6) is 0. The van der Waals surface area contributed by atoms with E-state index in [1.165, 1.54) is 11.1 Å². The molecule has 4 nitrogen and oxygen atoms in total. The van der Waals surface area contributed by atoms with Gasteiger partial charge < -0.3 is 4.90 Å². The van der Waals surface area contributed by atoms with Gasteiger partial charge in [0.1, 0.15) is 4.47 Å². The molecule has 0 saturated carbocycles. The summed E-state index contributed by atoms with van der Waals surface area (Å²) in [6.07, 6.45) is 2.92. The second-order valence-corrected chi connectivity index (χ2v) is 3.91. The Bertz CT molecular complexity index is 383. The number of hydrogen-bond acceptors (Lipinski definition) is 3. The van der Waals surface area contributed by atoms with Gasteiger partial charge in [-0.2, -0.15) is 5.10 Å². The van der Waals surface area contributed by atoms with E-state index in [1.807, 2.05) is 0 Å². The van der Waals surface area contributed by atoms with Gasteiger partial charge in [-0.15, -0.1) is 0 Å². The number of rotatable bonds is 1. The smallest absolute Gasteiger partial charge is 0.282 e. The van der Waals surface area contributed by atoms with Gasteiger partial charge in [-0.3, -0.25) is 4.79 Å². The second kappa shape index (κ2) is 3.14. The van der Waals surface area contributed by atoms with Gasteiger partial charge in [0.25, 0.3) is 5.56 Å². The minimum atomic E-state index is -0.0793. The van der Waals surface area contributed by atoms with Crippen molar-refractivity contribution >= 4 is 21.6 Å². The van der Waals surface area contributed by atoms with Crippen LogP contribution in [0.2, 0.25) is 0 Å². The topological polar surface area (TPSA) is 38.1 Å². The SMILES string of the molecule is Cn1ncc(N2CCC2)c(Br)c1=O. The molecule has 70 valence electrons. The predicted octanol–water partition coefficient (Wildman–Crippen LogP) is 0.753. The lowest BCUT2D eigenvalue weighted by Gasteiger charge is -2.33. The molecule has 2 heterocycles. The summed E-state index contributed by atoms with van der Waals surface area (Å²) in [5, 5.41) is 3.97. The average molecular weight is 244 g/mol. The fraction of sp³-hybridized carbons (Fsp3) is 0.500. The zero-order valence-electron chi connectivity index (χ0n) is 7.33. The normalized spacial score (nSPS) is 15.7. The van der Waals surface area contributed by atoms with E-state index >= 15 is 0 Å². The Morgan fingerprint density at radius 2 is 2.23 bits per heavy atom. The molecule has 0 aromatic carbocycles. The van der Waals surface area contributed by atoms with E-state index in [4.69, 9.17) is 0 Å². The standard InChI is InChI=1S/C8H10BrN3O/c1-11-8(13)7(9)6(5-10-11)12-3-2-4-12/h5H,2-4H2,1H3. The zero-order valence-corrected chi connectivity index (χ0v) is 8.91. The van der Waals surface area contributed by atoms with Crippen molar-refractivity contribution in [1.29, 1.82) is 0 Å². The van der Waals surface area contributed by atoms with Crippen LogP contribution >= 0.6 is 15.9 Å². The zero-order chi connectivity index (χ0) is 9.42. The summed E-state index contributed by atoms with van der Waals surface area (Å²) < 4.78 is 1.94. The van der Waals surface area contributed by atoms with Crippen molar-refractivity contribution in [2.75, 3.05) is 18.0 Å². The van der Waals surface area contributed by atoms with E-state index in [2.05, 4.69) is 25.9 Å². The van der Waals surface area contributed by atoms with Crippen LogP contribution in [-0.4, -0.2) is 22.9 Å². The monoisotopic (exact) mass is 243 g/mol. The maximum Gasteiger partial charge on any atom is 0.282 e. The Balaban J connectivity index is 2.47. The van der Waals surface area contributed by atoms with E-state index < -0.39 is 0 Å². The lowest BCUT2D eigenvalue weighted by Crippen LogP contribution is -2.38. The Labute approximate surface area is 84.3 Å². The van der Waals surface area contributed by atoms with Crippen LogP contribution in [0.5, 0.6) is 0 Å². The van der Waals surface area contributed by atoms with E-state index in [9.17, 15) is 4.79 Å². The van der Waals surface area contributed by atoms with Crippen molar-refractivity contribution in [3.05, 3.63) is 21.0 Å². The van der Waals surface area contributed by atoms with Crippen molar-refractivity contribution in [3.63, 3.8) is 0 Å². The highest BCUT2D eigenvalue weighted by molar-refractivity contribution is 9.10. The van der Waals surface area contributed by atoms with Crippen LogP contribution in [-0.2, 0) is 7.05 Å². The molecule has 13 heavy (non-hydrogen) atoms. The number of aryl methyl sites for hydroxylation is 1.